The summed E-state index contributed by atoms with van der Waals surface area (Å²) in [5, 5.41) is 0. The Bertz CT molecular complexity index is 537. The van der Waals surface area contributed by atoms with E-state index in [2.05, 4.69) is 0 Å². The molecule has 0 saturated carbocycles. The van der Waals surface area contributed by atoms with Gasteiger partial charge in [0.2, 0.25) is 0 Å². The van der Waals surface area contributed by atoms with Gasteiger partial charge >= 0.3 is 0 Å². The smallest absolute Gasteiger partial charge is 0.224 e. The molecule has 4 nitrogen and oxygen atoms in total. The summed E-state index contributed by atoms with van der Waals surface area (Å²) in [5.74, 6) is 0. The van der Waals surface area contributed by atoms with E-state index >= 15 is 0 Å². The van der Waals surface area contributed by atoms with E-state index in [9.17, 15) is 16.8 Å². The Balaban J connectivity index is 3.65. The molecule has 0 amide bonds. The lowest BCUT2D eigenvalue weighted by Crippen LogP contribution is -2.04. The third-order valence-electron chi connectivity index (χ3n) is 1.90. The lowest BCUT2D eigenvalue weighted by molar-refractivity contribution is 0.600. The standard InChI is InChI=1S/C8H9ClO4S2/c1-6-7(14(2,10)11)4-3-5-8(6)15(9,12)13/h3-5H,1-2H3. The summed E-state index contributed by atoms with van der Waals surface area (Å²) in [5.41, 5.74) is 0.148. The van der Waals surface area contributed by atoms with E-state index in [4.69, 9.17) is 10.7 Å². The van der Waals surface area contributed by atoms with Crippen LogP contribution in [0.1, 0.15) is 5.56 Å². The zero-order chi connectivity index (χ0) is 11.9. The van der Waals surface area contributed by atoms with Crippen molar-refractivity contribution < 1.29 is 16.8 Å². The predicted octanol–water partition coefficient (Wildman–Crippen LogP) is 1.33. The van der Waals surface area contributed by atoms with Crippen molar-refractivity contribution in [3.8, 4) is 0 Å². The molecule has 84 valence electrons. The number of benzene rings is 1. The van der Waals surface area contributed by atoms with Crippen molar-refractivity contribution in [1.29, 1.82) is 0 Å². The molecule has 15 heavy (non-hydrogen) atoms. The Morgan fingerprint density at radius 2 is 1.53 bits per heavy atom. The van der Waals surface area contributed by atoms with Crippen LogP contribution in [-0.4, -0.2) is 23.1 Å². The fraction of sp³-hybridized carbons (Fsp3) is 0.250. The molecule has 1 aromatic rings. The Morgan fingerprint density at radius 3 is 1.93 bits per heavy atom. The zero-order valence-corrected chi connectivity index (χ0v) is 10.4. The van der Waals surface area contributed by atoms with E-state index in [0.717, 1.165) is 6.26 Å². The predicted molar refractivity (Wildman–Crippen MR) is 57.3 cm³/mol. The van der Waals surface area contributed by atoms with E-state index in [0.29, 0.717) is 0 Å². The monoisotopic (exact) mass is 268 g/mol. The van der Waals surface area contributed by atoms with Crippen molar-refractivity contribution in [1.82, 2.24) is 0 Å². The molecule has 0 bridgehead atoms. The first-order chi connectivity index (χ1) is 6.64. The van der Waals surface area contributed by atoms with Gasteiger partial charge in [-0.3, -0.25) is 0 Å². The molecule has 0 aromatic heterocycles. The second-order valence-corrected chi connectivity index (χ2v) is 7.61. The number of sulfone groups is 1. The third kappa shape index (κ3) is 2.70. The highest BCUT2D eigenvalue weighted by Crippen LogP contribution is 2.24. The Kier molecular flexibility index (Phi) is 3.14. The van der Waals surface area contributed by atoms with Crippen LogP contribution in [0.25, 0.3) is 0 Å². The minimum Gasteiger partial charge on any atom is -0.224 e. The lowest BCUT2D eigenvalue weighted by atomic mass is 10.2. The van der Waals surface area contributed by atoms with Crippen LogP contribution in [0.5, 0.6) is 0 Å². The summed E-state index contributed by atoms with van der Waals surface area (Å²) in [4.78, 5) is -0.198. The van der Waals surface area contributed by atoms with Crippen molar-refractivity contribution in [3.05, 3.63) is 23.8 Å². The molecule has 1 rings (SSSR count). The maximum absolute atomic E-state index is 11.3. The summed E-state index contributed by atoms with van der Waals surface area (Å²) in [6.07, 6.45) is 1.01. The minimum absolute atomic E-state index is 0.0239. The normalized spacial score (nSPS) is 12.7. The van der Waals surface area contributed by atoms with Crippen molar-refractivity contribution in [2.75, 3.05) is 6.26 Å². The average molecular weight is 269 g/mol. The molecule has 0 unspecified atom stereocenters. The van der Waals surface area contributed by atoms with Gasteiger partial charge in [-0.2, -0.15) is 0 Å². The first kappa shape index (κ1) is 12.5. The van der Waals surface area contributed by atoms with Gasteiger partial charge < -0.3 is 0 Å². The maximum atomic E-state index is 11.3. The van der Waals surface area contributed by atoms with E-state index in [-0.39, 0.29) is 15.4 Å². The highest BCUT2D eigenvalue weighted by atomic mass is 35.7. The summed E-state index contributed by atoms with van der Waals surface area (Å²) < 4.78 is 44.8. The average Bonchev–Trinajstić information content (AvgIpc) is 1.99. The lowest BCUT2D eigenvalue weighted by Gasteiger charge is -2.06. The fourth-order valence-electron chi connectivity index (χ4n) is 1.26. The maximum Gasteiger partial charge on any atom is 0.261 e. The van der Waals surface area contributed by atoms with Gasteiger partial charge in [0, 0.05) is 16.9 Å². The van der Waals surface area contributed by atoms with Gasteiger partial charge in [-0.25, -0.2) is 16.8 Å². The van der Waals surface area contributed by atoms with E-state index in [1.54, 1.807) is 0 Å². The van der Waals surface area contributed by atoms with Gasteiger partial charge in [0.1, 0.15) is 0 Å². The molecule has 0 saturated heterocycles. The quantitative estimate of drug-likeness (QED) is 0.759. The molecule has 0 atom stereocenters. The molecule has 0 aliphatic carbocycles. The number of halogens is 1. The first-order valence-electron chi connectivity index (χ1n) is 3.88. The summed E-state index contributed by atoms with van der Waals surface area (Å²) in [6.45, 7) is 1.41. The highest BCUT2D eigenvalue weighted by molar-refractivity contribution is 8.13. The van der Waals surface area contributed by atoms with Crippen LogP contribution >= 0.6 is 10.7 Å². The molecule has 0 fully saturated rings. The molecule has 0 aliphatic heterocycles. The van der Waals surface area contributed by atoms with Crippen molar-refractivity contribution in [2.45, 2.75) is 16.7 Å². The molecule has 1 aromatic carbocycles. The summed E-state index contributed by atoms with van der Waals surface area (Å²) >= 11 is 0. The minimum atomic E-state index is -3.91. The van der Waals surface area contributed by atoms with Crippen molar-refractivity contribution >= 4 is 29.6 Å². The molecular formula is C8H9ClO4S2. The van der Waals surface area contributed by atoms with Crippen LogP contribution in [0, 0.1) is 6.92 Å². The Labute approximate surface area is 93.2 Å². The van der Waals surface area contributed by atoms with E-state index < -0.39 is 18.9 Å². The van der Waals surface area contributed by atoms with Gasteiger partial charge in [-0.05, 0) is 24.6 Å². The number of hydrogen-bond acceptors (Lipinski definition) is 4. The van der Waals surface area contributed by atoms with Gasteiger partial charge in [0.25, 0.3) is 9.05 Å². The zero-order valence-electron chi connectivity index (χ0n) is 8.06. The van der Waals surface area contributed by atoms with E-state index in [1.165, 1.54) is 25.1 Å². The summed E-state index contributed by atoms with van der Waals surface area (Å²) in [7, 11) is -2.18. The molecule has 0 N–H and O–H groups in total. The molecule has 0 spiro atoms. The van der Waals surface area contributed by atoms with Crippen LogP contribution in [0.4, 0.5) is 0 Å². The topological polar surface area (TPSA) is 68.3 Å². The Hall–Kier alpha value is -0.590. The highest BCUT2D eigenvalue weighted by Gasteiger charge is 2.19. The SMILES string of the molecule is Cc1c(S(C)(=O)=O)cccc1S(=O)(=O)Cl. The molecular weight excluding hydrogens is 260 g/mol. The van der Waals surface area contributed by atoms with Gasteiger partial charge in [-0.1, -0.05) is 6.07 Å². The Morgan fingerprint density at radius 1 is 1.07 bits per heavy atom. The van der Waals surface area contributed by atoms with Crippen LogP contribution in [0.15, 0.2) is 28.0 Å². The van der Waals surface area contributed by atoms with Gasteiger partial charge in [-0.15, -0.1) is 0 Å². The van der Waals surface area contributed by atoms with Crippen LogP contribution in [0.3, 0.4) is 0 Å². The van der Waals surface area contributed by atoms with Crippen LogP contribution in [-0.2, 0) is 18.9 Å². The summed E-state index contributed by atoms with van der Waals surface area (Å²) in [6, 6.07) is 3.96. The van der Waals surface area contributed by atoms with Crippen molar-refractivity contribution in [3.63, 3.8) is 0 Å². The molecule has 0 aliphatic rings. The molecule has 0 heterocycles. The molecule has 7 heteroatoms. The third-order valence-corrected chi connectivity index (χ3v) is 4.60. The number of hydrogen-bond donors (Lipinski definition) is 0. The van der Waals surface area contributed by atoms with Crippen LogP contribution in [0.2, 0.25) is 0 Å². The van der Waals surface area contributed by atoms with Crippen molar-refractivity contribution in [2.24, 2.45) is 0 Å². The van der Waals surface area contributed by atoms with Gasteiger partial charge in [0.15, 0.2) is 9.84 Å². The molecule has 0 radical (unpaired) electrons. The number of rotatable bonds is 2. The van der Waals surface area contributed by atoms with Gasteiger partial charge in [0.05, 0.1) is 9.79 Å². The fourth-order valence-corrected chi connectivity index (χ4v) is 3.53. The van der Waals surface area contributed by atoms with Crippen LogP contribution < -0.4 is 0 Å². The largest absolute Gasteiger partial charge is 0.261 e. The second-order valence-electron chi connectivity index (χ2n) is 3.09. The van der Waals surface area contributed by atoms with E-state index in [1.807, 2.05) is 0 Å². The second kappa shape index (κ2) is 3.77. The first-order valence-corrected chi connectivity index (χ1v) is 8.08.